The van der Waals surface area contributed by atoms with E-state index in [-0.39, 0.29) is 41.4 Å². The molecule has 0 fully saturated rings. The topological polar surface area (TPSA) is 149 Å². The molecule has 0 radical (unpaired) electrons. The number of fused-ring (bicyclic) bond motifs is 3. The number of aromatic hydroxyl groups is 1. The van der Waals surface area contributed by atoms with Crippen LogP contribution >= 0.6 is 0 Å². The van der Waals surface area contributed by atoms with Gasteiger partial charge in [-0.3, -0.25) is 19.2 Å². The molecule has 5 rings (SSSR count). The second kappa shape index (κ2) is 10.0. The van der Waals surface area contributed by atoms with Crippen LogP contribution in [-0.4, -0.2) is 49.2 Å². The van der Waals surface area contributed by atoms with E-state index in [9.17, 15) is 39.6 Å². The molecule has 3 aliphatic carbocycles. The third-order valence-corrected chi connectivity index (χ3v) is 9.86. The van der Waals surface area contributed by atoms with E-state index < -0.39 is 56.8 Å². The summed E-state index contributed by atoms with van der Waals surface area (Å²) in [5.41, 5.74) is -3.73. The quantitative estimate of drug-likeness (QED) is 0.238. The first-order valence-electron chi connectivity index (χ1n) is 14.7. The Balaban J connectivity index is 1.76. The van der Waals surface area contributed by atoms with Crippen LogP contribution < -0.4 is 0 Å². The molecule has 226 valence electrons. The zero-order chi connectivity index (χ0) is 31.8. The van der Waals surface area contributed by atoms with Gasteiger partial charge in [0.15, 0.2) is 23.0 Å². The lowest BCUT2D eigenvalue weighted by Crippen LogP contribution is -2.67. The number of ketones is 4. The predicted molar refractivity (Wildman–Crippen MR) is 160 cm³/mol. The molecule has 0 aromatic heterocycles. The maximum atomic E-state index is 14.3. The summed E-state index contributed by atoms with van der Waals surface area (Å²) in [7, 11) is 0. The minimum atomic E-state index is -2.65. The molecule has 2 aromatic carbocycles. The fourth-order valence-electron chi connectivity index (χ4n) is 8.23. The highest BCUT2D eigenvalue weighted by Crippen LogP contribution is 2.65. The maximum absolute atomic E-state index is 14.3. The van der Waals surface area contributed by atoms with Crippen molar-refractivity contribution in [1.82, 2.24) is 0 Å². The summed E-state index contributed by atoms with van der Waals surface area (Å²) in [5, 5.41) is 46.2. The van der Waals surface area contributed by atoms with Crippen molar-refractivity contribution < 1.29 is 39.6 Å². The Morgan fingerprint density at radius 2 is 1.72 bits per heavy atom. The van der Waals surface area contributed by atoms with Crippen LogP contribution in [0.1, 0.15) is 87.1 Å². The average molecular weight is 587 g/mol. The van der Waals surface area contributed by atoms with Crippen molar-refractivity contribution >= 4 is 23.1 Å². The lowest BCUT2D eigenvalue weighted by atomic mass is 9.44. The summed E-state index contributed by atoms with van der Waals surface area (Å²) in [4.78, 5) is 53.3. The Hall–Kier alpha value is -4.04. The van der Waals surface area contributed by atoms with Crippen LogP contribution in [0.15, 0.2) is 59.1 Å². The highest BCUT2D eigenvalue weighted by atomic mass is 16.3. The van der Waals surface area contributed by atoms with Gasteiger partial charge >= 0.3 is 0 Å². The third kappa shape index (κ3) is 4.06. The number of rotatable bonds is 6. The van der Waals surface area contributed by atoms with Gasteiger partial charge in [0.05, 0.1) is 5.56 Å². The first-order valence-corrected chi connectivity index (χ1v) is 14.7. The Bertz CT molecular complexity index is 1680. The fourth-order valence-corrected chi connectivity index (χ4v) is 8.23. The van der Waals surface area contributed by atoms with Crippen LogP contribution in [0.25, 0.3) is 11.1 Å². The molecule has 0 saturated heterocycles. The highest BCUT2D eigenvalue weighted by molar-refractivity contribution is 6.25. The molecule has 0 heterocycles. The SMILES string of the molecule is CCCC(=O)c1cccc(-c2ccc(O)c3c2C[C@]2(C)C[C@]4(C)C(C(C)C)C(O)=C(C(C)=O)C(=O)[C@]4(O)C(O)=C2C3=O)c1. The number of carbonyl (C=O) groups excluding carboxylic acids is 4. The van der Waals surface area contributed by atoms with Crippen LogP contribution in [0.4, 0.5) is 0 Å². The van der Waals surface area contributed by atoms with Gasteiger partial charge in [0, 0.05) is 34.3 Å². The molecule has 4 atom stereocenters. The Labute approximate surface area is 250 Å². The van der Waals surface area contributed by atoms with Gasteiger partial charge in [0.2, 0.25) is 5.78 Å². The summed E-state index contributed by atoms with van der Waals surface area (Å²) in [5.74, 6) is -5.47. The van der Waals surface area contributed by atoms with Gasteiger partial charge < -0.3 is 20.4 Å². The van der Waals surface area contributed by atoms with Gasteiger partial charge in [0.25, 0.3) is 0 Å². The zero-order valence-corrected chi connectivity index (χ0v) is 25.4. The zero-order valence-electron chi connectivity index (χ0n) is 25.4. The Morgan fingerprint density at radius 3 is 2.33 bits per heavy atom. The number of phenols is 1. The number of phenolic OH excluding ortho intramolecular Hbond substituents is 1. The summed E-state index contributed by atoms with van der Waals surface area (Å²) in [6.07, 6.45) is 1.26. The molecule has 8 nitrogen and oxygen atoms in total. The number of aliphatic hydroxyl groups is 3. The summed E-state index contributed by atoms with van der Waals surface area (Å²) in [6.45, 7) is 9.99. The Morgan fingerprint density at radius 1 is 1.05 bits per heavy atom. The number of carbonyl (C=O) groups is 4. The van der Waals surface area contributed by atoms with Crippen molar-refractivity contribution in [3.63, 3.8) is 0 Å². The van der Waals surface area contributed by atoms with E-state index in [2.05, 4.69) is 0 Å². The van der Waals surface area contributed by atoms with Crippen molar-refractivity contribution in [3.8, 4) is 16.9 Å². The Kier molecular flexibility index (Phi) is 7.08. The van der Waals surface area contributed by atoms with Crippen molar-refractivity contribution in [1.29, 1.82) is 0 Å². The molecule has 0 bridgehead atoms. The van der Waals surface area contributed by atoms with Gasteiger partial charge in [0.1, 0.15) is 22.8 Å². The molecular weight excluding hydrogens is 548 g/mol. The van der Waals surface area contributed by atoms with Gasteiger partial charge in [-0.1, -0.05) is 58.9 Å². The van der Waals surface area contributed by atoms with Gasteiger partial charge in [-0.2, -0.15) is 0 Å². The van der Waals surface area contributed by atoms with E-state index in [0.717, 1.165) is 6.92 Å². The molecule has 43 heavy (non-hydrogen) atoms. The van der Waals surface area contributed by atoms with E-state index in [0.29, 0.717) is 35.1 Å². The normalized spacial score (nSPS) is 28.5. The molecule has 3 aliphatic rings. The number of allylic oxidation sites excluding steroid dienone is 2. The smallest absolute Gasteiger partial charge is 0.209 e. The van der Waals surface area contributed by atoms with Crippen molar-refractivity contribution in [2.45, 2.75) is 72.8 Å². The van der Waals surface area contributed by atoms with Crippen LogP contribution in [0.2, 0.25) is 0 Å². The average Bonchev–Trinajstić information content (AvgIpc) is 2.90. The molecule has 2 aromatic rings. The van der Waals surface area contributed by atoms with Gasteiger partial charge in [-0.15, -0.1) is 0 Å². The van der Waals surface area contributed by atoms with Crippen LogP contribution in [0.5, 0.6) is 5.75 Å². The second-order valence-electron chi connectivity index (χ2n) is 13.2. The summed E-state index contributed by atoms with van der Waals surface area (Å²) in [6, 6.07) is 10.2. The van der Waals surface area contributed by atoms with E-state index in [1.807, 2.05) is 13.0 Å². The van der Waals surface area contributed by atoms with Gasteiger partial charge in [-0.25, -0.2) is 0 Å². The molecule has 1 unspecified atom stereocenters. The first kappa shape index (κ1) is 30.4. The molecule has 0 amide bonds. The maximum Gasteiger partial charge on any atom is 0.209 e. The first-order chi connectivity index (χ1) is 20.0. The minimum Gasteiger partial charge on any atom is -0.511 e. The number of aliphatic hydroxyl groups excluding tert-OH is 2. The van der Waals surface area contributed by atoms with E-state index in [1.54, 1.807) is 52.0 Å². The van der Waals surface area contributed by atoms with E-state index in [4.69, 9.17) is 0 Å². The van der Waals surface area contributed by atoms with Crippen LogP contribution in [-0.2, 0) is 16.0 Å². The fraction of sp³-hybridized carbons (Fsp3) is 0.429. The van der Waals surface area contributed by atoms with Crippen LogP contribution in [0.3, 0.4) is 0 Å². The largest absolute Gasteiger partial charge is 0.511 e. The van der Waals surface area contributed by atoms with E-state index in [1.165, 1.54) is 6.07 Å². The van der Waals surface area contributed by atoms with E-state index >= 15 is 0 Å². The van der Waals surface area contributed by atoms with Gasteiger partial charge in [-0.05, 0) is 60.9 Å². The second-order valence-corrected chi connectivity index (χ2v) is 13.2. The summed E-state index contributed by atoms with van der Waals surface area (Å²) < 4.78 is 0. The van der Waals surface area contributed by atoms with Crippen molar-refractivity contribution in [3.05, 3.63) is 75.8 Å². The number of hydrogen-bond acceptors (Lipinski definition) is 8. The predicted octanol–water partition coefficient (Wildman–Crippen LogP) is 6.00. The highest BCUT2D eigenvalue weighted by Gasteiger charge is 2.71. The number of benzene rings is 2. The molecule has 8 heteroatoms. The monoisotopic (exact) mass is 586 g/mol. The van der Waals surface area contributed by atoms with Crippen molar-refractivity contribution in [2.75, 3.05) is 0 Å². The third-order valence-electron chi connectivity index (χ3n) is 9.86. The minimum absolute atomic E-state index is 0.00541. The summed E-state index contributed by atoms with van der Waals surface area (Å²) >= 11 is 0. The molecule has 0 spiro atoms. The molecule has 0 saturated carbocycles. The number of hydrogen-bond donors (Lipinski definition) is 4. The molecule has 0 aliphatic heterocycles. The lowest BCUT2D eigenvalue weighted by molar-refractivity contribution is -0.171. The van der Waals surface area contributed by atoms with Crippen molar-refractivity contribution in [2.24, 2.45) is 22.7 Å². The standard InChI is InChI=1S/C35H38O8/c1-7-9-23(37)20-11-8-10-19(14-20)21-12-13-24(38)26-22(21)15-33(5)16-34(6)27(17(2)3)29(39)25(18(4)36)31(41)35(34,43)32(42)28(33)30(26)40/h8,10-14,17,27,38-39,42-43H,7,9,15-16H2,1-6H3/t27?,33-,34-,35+/m1/s1. The lowest BCUT2D eigenvalue weighted by Gasteiger charge is -2.59. The number of Topliss-reactive ketones (excluding diaryl/α,β-unsaturated/α-hetero) is 4. The van der Waals surface area contributed by atoms with Crippen LogP contribution in [0, 0.1) is 22.7 Å². The molecular formula is C35H38O8. The molecule has 4 N–H and O–H groups in total.